The zero-order valence-electron chi connectivity index (χ0n) is 10.8. The molecule has 7 nitrogen and oxygen atoms in total. The fourth-order valence-corrected chi connectivity index (χ4v) is 1.55. The molecule has 110 valence electrons. The molecule has 0 aliphatic heterocycles. The van der Waals surface area contributed by atoms with Crippen LogP contribution >= 0.6 is 0 Å². The summed E-state index contributed by atoms with van der Waals surface area (Å²) in [7, 11) is 0. The molecule has 0 aliphatic carbocycles. The van der Waals surface area contributed by atoms with Gasteiger partial charge in [0.25, 0.3) is 0 Å². The first kappa shape index (κ1) is 15.8. The summed E-state index contributed by atoms with van der Waals surface area (Å²) >= 11 is 0. The van der Waals surface area contributed by atoms with E-state index in [1.165, 1.54) is 6.07 Å². The molecule has 3 N–H and O–H groups in total. The van der Waals surface area contributed by atoms with Gasteiger partial charge in [-0.2, -0.15) is 4.39 Å². The van der Waals surface area contributed by atoms with Crippen molar-refractivity contribution < 1.29 is 18.8 Å². The van der Waals surface area contributed by atoms with Gasteiger partial charge in [0.15, 0.2) is 0 Å². The van der Waals surface area contributed by atoms with Crippen molar-refractivity contribution in [3.8, 4) is 5.75 Å². The second-order valence-electron chi connectivity index (χ2n) is 4.10. The number of hydrogen-bond donors (Lipinski definition) is 2. The number of carbonyl (C=O) groups is 1. The molecule has 20 heavy (non-hydrogen) atoms. The van der Waals surface area contributed by atoms with E-state index in [2.05, 4.69) is 0 Å². The Balaban J connectivity index is 2.27. The molecule has 8 heteroatoms. The number of nitro groups is 1. The average Bonchev–Trinajstić information content (AvgIpc) is 2.42. The van der Waals surface area contributed by atoms with Crippen LogP contribution < -0.4 is 16.0 Å². The van der Waals surface area contributed by atoms with Gasteiger partial charge >= 0.3 is 5.69 Å². The Morgan fingerprint density at radius 3 is 2.75 bits per heavy atom. The smallest absolute Gasteiger partial charge is 0.305 e. The number of hydrazine groups is 1. The molecular formula is C12H16FN3O4. The zero-order valence-corrected chi connectivity index (χ0v) is 10.8. The van der Waals surface area contributed by atoms with Crippen molar-refractivity contribution in [1.82, 2.24) is 5.43 Å². The third kappa shape index (κ3) is 5.19. The van der Waals surface area contributed by atoms with Crippen molar-refractivity contribution in [3.05, 3.63) is 34.1 Å². The van der Waals surface area contributed by atoms with Gasteiger partial charge in [0.2, 0.25) is 11.7 Å². The molecule has 0 atom stereocenters. The van der Waals surface area contributed by atoms with E-state index in [-0.39, 0.29) is 11.7 Å². The molecule has 0 unspecified atom stereocenters. The Hall–Kier alpha value is -2.22. The molecule has 0 bridgehead atoms. The van der Waals surface area contributed by atoms with Crippen LogP contribution in [0, 0.1) is 15.9 Å². The monoisotopic (exact) mass is 285 g/mol. The van der Waals surface area contributed by atoms with E-state index < -0.39 is 16.4 Å². The lowest BCUT2D eigenvalue weighted by atomic mass is 10.2. The highest BCUT2D eigenvalue weighted by atomic mass is 19.1. The fourth-order valence-electron chi connectivity index (χ4n) is 1.55. The topological polar surface area (TPSA) is 107 Å². The first-order chi connectivity index (χ1) is 9.54. The van der Waals surface area contributed by atoms with Crippen molar-refractivity contribution in [1.29, 1.82) is 0 Å². The van der Waals surface area contributed by atoms with Crippen LogP contribution in [-0.2, 0) is 4.79 Å². The Bertz CT molecular complexity index is 482. The molecule has 1 aromatic rings. The van der Waals surface area contributed by atoms with E-state index in [0.717, 1.165) is 18.6 Å². The number of nitrogens with two attached hydrogens (primary N) is 1. The maximum absolute atomic E-state index is 13.3. The van der Waals surface area contributed by atoms with Crippen LogP contribution in [0.15, 0.2) is 18.2 Å². The third-order valence-corrected chi connectivity index (χ3v) is 2.59. The average molecular weight is 285 g/mol. The summed E-state index contributed by atoms with van der Waals surface area (Å²) in [6, 6.07) is 3.40. The lowest BCUT2D eigenvalue weighted by Crippen LogP contribution is -2.29. The first-order valence-electron chi connectivity index (χ1n) is 6.10. The molecular weight excluding hydrogens is 269 g/mol. The first-order valence-corrected chi connectivity index (χ1v) is 6.10. The number of unbranched alkanes of at least 4 members (excludes halogenated alkanes) is 2. The lowest BCUT2D eigenvalue weighted by molar-refractivity contribution is -0.387. The second-order valence-corrected chi connectivity index (χ2v) is 4.10. The molecule has 0 saturated carbocycles. The number of nitrogens with zero attached hydrogens (tertiary/aromatic N) is 1. The molecule has 0 heterocycles. The predicted molar refractivity (Wildman–Crippen MR) is 69.3 cm³/mol. The van der Waals surface area contributed by atoms with E-state index in [4.69, 9.17) is 10.6 Å². The molecule has 0 aromatic heterocycles. The Morgan fingerprint density at radius 2 is 2.15 bits per heavy atom. The van der Waals surface area contributed by atoms with Gasteiger partial charge in [-0.15, -0.1) is 0 Å². The quantitative estimate of drug-likeness (QED) is 0.248. The van der Waals surface area contributed by atoms with Gasteiger partial charge in [-0.3, -0.25) is 20.3 Å². The molecule has 1 amide bonds. The number of benzene rings is 1. The summed E-state index contributed by atoms with van der Waals surface area (Å²) < 4.78 is 18.5. The molecule has 1 rings (SSSR count). The van der Waals surface area contributed by atoms with Gasteiger partial charge in [0.1, 0.15) is 5.75 Å². The Labute approximate surface area is 115 Å². The van der Waals surface area contributed by atoms with Crippen molar-refractivity contribution in [2.24, 2.45) is 5.84 Å². The maximum atomic E-state index is 13.3. The van der Waals surface area contributed by atoms with Crippen molar-refractivity contribution in [2.75, 3.05) is 6.61 Å². The molecule has 0 aliphatic rings. The number of halogens is 1. The molecule has 0 saturated heterocycles. The van der Waals surface area contributed by atoms with Crippen LogP contribution in [0.2, 0.25) is 0 Å². The minimum Gasteiger partial charge on any atom is -0.493 e. The highest BCUT2D eigenvalue weighted by molar-refractivity contribution is 5.75. The third-order valence-electron chi connectivity index (χ3n) is 2.59. The Morgan fingerprint density at radius 1 is 1.40 bits per heavy atom. The van der Waals surface area contributed by atoms with Crippen LogP contribution in [-0.4, -0.2) is 17.4 Å². The number of amides is 1. The van der Waals surface area contributed by atoms with Crippen molar-refractivity contribution in [3.63, 3.8) is 0 Å². The number of carbonyl (C=O) groups excluding carboxylic acids is 1. The van der Waals surface area contributed by atoms with Gasteiger partial charge < -0.3 is 4.74 Å². The lowest BCUT2D eigenvalue weighted by Gasteiger charge is -2.06. The molecule has 1 aromatic carbocycles. The summed E-state index contributed by atoms with van der Waals surface area (Å²) in [5.74, 6) is 4.03. The number of nitro benzene ring substituents is 1. The number of rotatable bonds is 8. The van der Waals surface area contributed by atoms with Gasteiger partial charge in [0, 0.05) is 18.6 Å². The van der Waals surface area contributed by atoms with Gasteiger partial charge in [-0.1, -0.05) is 0 Å². The van der Waals surface area contributed by atoms with E-state index >= 15 is 0 Å². The normalized spacial score (nSPS) is 10.1. The van der Waals surface area contributed by atoms with Gasteiger partial charge in [-0.25, -0.2) is 5.84 Å². The summed E-state index contributed by atoms with van der Waals surface area (Å²) in [5.41, 5.74) is 1.46. The predicted octanol–water partition coefficient (Wildman–Crippen LogP) is 1.66. The standard InChI is InChI=1S/C12H16FN3O4/c13-10-8-9(5-6-11(10)16(18)19)20-7-3-1-2-4-12(17)15-14/h5-6,8H,1-4,7,14H2,(H,15,17). The highest BCUT2D eigenvalue weighted by Gasteiger charge is 2.14. The minimum atomic E-state index is -0.924. The number of ether oxygens (including phenoxy) is 1. The second kappa shape index (κ2) is 8.05. The van der Waals surface area contributed by atoms with Crippen LogP contribution in [0.4, 0.5) is 10.1 Å². The molecule has 0 spiro atoms. The van der Waals surface area contributed by atoms with E-state index in [1.807, 2.05) is 5.43 Å². The molecule has 0 radical (unpaired) electrons. The van der Waals surface area contributed by atoms with Gasteiger partial charge in [-0.05, 0) is 25.3 Å². The minimum absolute atomic E-state index is 0.219. The van der Waals surface area contributed by atoms with E-state index in [1.54, 1.807) is 0 Å². The summed E-state index contributed by atoms with van der Waals surface area (Å²) in [6.07, 6.45) is 2.49. The van der Waals surface area contributed by atoms with E-state index in [0.29, 0.717) is 25.9 Å². The number of hydrogen-bond acceptors (Lipinski definition) is 5. The maximum Gasteiger partial charge on any atom is 0.305 e. The van der Waals surface area contributed by atoms with Crippen LogP contribution in [0.5, 0.6) is 5.75 Å². The van der Waals surface area contributed by atoms with E-state index in [9.17, 15) is 19.3 Å². The SMILES string of the molecule is NNC(=O)CCCCCOc1ccc([N+](=O)[O-])c(F)c1. The van der Waals surface area contributed by atoms with Crippen LogP contribution in [0.1, 0.15) is 25.7 Å². The van der Waals surface area contributed by atoms with Crippen molar-refractivity contribution in [2.45, 2.75) is 25.7 Å². The fraction of sp³-hybridized carbons (Fsp3) is 0.417. The van der Waals surface area contributed by atoms with Crippen LogP contribution in [0.25, 0.3) is 0 Å². The largest absolute Gasteiger partial charge is 0.493 e. The van der Waals surface area contributed by atoms with Crippen LogP contribution in [0.3, 0.4) is 0 Å². The number of nitrogens with one attached hydrogen (secondary N) is 1. The summed E-state index contributed by atoms with van der Waals surface area (Å²) in [5, 5.41) is 10.4. The van der Waals surface area contributed by atoms with Gasteiger partial charge in [0.05, 0.1) is 11.5 Å². The molecule has 0 fully saturated rings. The summed E-state index contributed by atoms with van der Waals surface area (Å²) in [6.45, 7) is 0.349. The van der Waals surface area contributed by atoms with Crippen molar-refractivity contribution >= 4 is 11.6 Å². The summed E-state index contributed by atoms with van der Waals surface area (Å²) in [4.78, 5) is 20.5. The zero-order chi connectivity index (χ0) is 15.0. The highest BCUT2D eigenvalue weighted by Crippen LogP contribution is 2.22. The Kier molecular flexibility index (Phi) is 6.38.